The van der Waals surface area contributed by atoms with Crippen molar-refractivity contribution < 1.29 is 18.7 Å². The average Bonchev–Trinajstić information content (AvgIpc) is 3.41. The fourth-order valence-electron chi connectivity index (χ4n) is 3.09. The Morgan fingerprint density at radius 3 is 2.50 bits per heavy atom. The first kappa shape index (κ1) is 23.3. The molecule has 8 heteroatoms. The van der Waals surface area contributed by atoms with Crippen LogP contribution >= 0.6 is 0 Å². The quantitative estimate of drug-likeness (QED) is 0.578. The molecule has 0 unspecified atom stereocenters. The topological polar surface area (TPSA) is 89.6 Å². The van der Waals surface area contributed by atoms with E-state index in [9.17, 15) is 9.59 Å². The van der Waals surface area contributed by atoms with E-state index in [0.29, 0.717) is 12.4 Å². The van der Waals surface area contributed by atoms with Crippen LogP contribution < -0.4 is 5.32 Å². The normalized spacial score (nSPS) is 11.4. The molecule has 0 aliphatic rings. The molecule has 0 aliphatic heterocycles. The summed E-state index contributed by atoms with van der Waals surface area (Å²) in [6.45, 7) is 8.62. The predicted octanol–water partition coefficient (Wildman–Crippen LogP) is 3.80. The first-order valence-corrected chi connectivity index (χ1v) is 10.5. The molecule has 3 aromatic rings. The van der Waals surface area contributed by atoms with Crippen molar-refractivity contribution in [3.63, 3.8) is 0 Å². The molecular formula is C24H30N4O4. The van der Waals surface area contributed by atoms with Crippen molar-refractivity contribution in [3.05, 3.63) is 65.7 Å². The van der Waals surface area contributed by atoms with Gasteiger partial charge in [0.05, 0.1) is 24.3 Å². The number of benzene rings is 1. The number of carbonyl (C=O) groups is 2. The molecule has 2 heterocycles. The number of anilines is 1. The monoisotopic (exact) mass is 438 g/mol. The van der Waals surface area contributed by atoms with Crippen LogP contribution in [0.3, 0.4) is 0 Å². The Labute approximate surface area is 188 Å². The number of aromatic nitrogens is 2. The molecule has 3 rings (SSSR count). The van der Waals surface area contributed by atoms with Crippen molar-refractivity contribution in [2.45, 2.75) is 33.1 Å². The van der Waals surface area contributed by atoms with Gasteiger partial charge in [0, 0.05) is 25.1 Å². The van der Waals surface area contributed by atoms with E-state index >= 15 is 0 Å². The molecule has 0 spiro atoms. The lowest BCUT2D eigenvalue weighted by Crippen LogP contribution is -2.40. The van der Waals surface area contributed by atoms with Gasteiger partial charge in [0.15, 0.2) is 5.76 Å². The number of nitrogens with zero attached hydrogens (tertiary/aromatic N) is 3. The van der Waals surface area contributed by atoms with E-state index in [1.807, 2.05) is 37.3 Å². The fourth-order valence-corrected chi connectivity index (χ4v) is 3.09. The summed E-state index contributed by atoms with van der Waals surface area (Å²) >= 11 is 0. The minimum atomic E-state index is -0.371. The first-order chi connectivity index (χ1) is 15.2. The number of methoxy groups -OCH3 is 1. The molecule has 2 amide bonds. The Morgan fingerprint density at radius 2 is 1.91 bits per heavy atom. The third kappa shape index (κ3) is 5.64. The summed E-state index contributed by atoms with van der Waals surface area (Å²) in [7, 11) is 1.55. The van der Waals surface area contributed by atoms with Crippen LogP contribution in [0.2, 0.25) is 0 Å². The highest BCUT2D eigenvalue weighted by molar-refractivity contribution is 5.97. The first-order valence-electron chi connectivity index (χ1n) is 10.5. The van der Waals surface area contributed by atoms with Gasteiger partial charge in [-0.2, -0.15) is 5.10 Å². The van der Waals surface area contributed by atoms with Gasteiger partial charge in [-0.15, -0.1) is 0 Å². The molecule has 0 radical (unpaired) electrons. The number of amides is 2. The van der Waals surface area contributed by atoms with Crippen LogP contribution in [0.5, 0.6) is 0 Å². The number of rotatable bonds is 8. The average molecular weight is 439 g/mol. The van der Waals surface area contributed by atoms with Gasteiger partial charge in [0.2, 0.25) is 5.91 Å². The maximum Gasteiger partial charge on any atom is 0.290 e. The van der Waals surface area contributed by atoms with E-state index in [1.54, 1.807) is 23.9 Å². The van der Waals surface area contributed by atoms with Gasteiger partial charge in [-0.05, 0) is 31.2 Å². The lowest BCUT2D eigenvalue weighted by Gasteiger charge is -2.21. The van der Waals surface area contributed by atoms with Gasteiger partial charge in [-0.3, -0.25) is 9.59 Å². The van der Waals surface area contributed by atoms with E-state index in [0.717, 1.165) is 16.9 Å². The molecule has 0 fully saturated rings. The van der Waals surface area contributed by atoms with E-state index in [1.165, 1.54) is 11.2 Å². The summed E-state index contributed by atoms with van der Waals surface area (Å²) in [6.07, 6.45) is 1.43. The highest BCUT2D eigenvalue weighted by atomic mass is 16.5. The predicted molar refractivity (Wildman–Crippen MR) is 122 cm³/mol. The molecule has 0 bridgehead atoms. The van der Waals surface area contributed by atoms with Crippen molar-refractivity contribution in [1.29, 1.82) is 0 Å². The molecule has 1 N–H and O–H groups in total. The lowest BCUT2D eigenvalue weighted by molar-refractivity contribution is -0.117. The van der Waals surface area contributed by atoms with E-state index in [-0.39, 0.29) is 36.1 Å². The number of ether oxygens (including phenoxy) is 1. The Hall–Kier alpha value is -3.39. The van der Waals surface area contributed by atoms with Crippen LogP contribution in [0, 0.1) is 6.92 Å². The number of furan rings is 1. The molecule has 170 valence electrons. The molecule has 2 aromatic heterocycles. The summed E-state index contributed by atoms with van der Waals surface area (Å²) in [5, 5.41) is 7.64. The van der Waals surface area contributed by atoms with E-state index in [4.69, 9.17) is 14.3 Å². The summed E-state index contributed by atoms with van der Waals surface area (Å²) < 4.78 is 12.0. The van der Waals surface area contributed by atoms with Crippen LogP contribution in [0.4, 0.5) is 5.82 Å². The largest absolute Gasteiger partial charge is 0.459 e. The zero-order valence-corrected chi connectivity index (χ0v) is 19.2. The number of nitrogens with one attached hydrogen (secondary N) is 1. The molecule has 0 aliphatic carbocycles. The summed E-state index contributed by atoms with van der Waals surface area (Å²) in [5.74, 6) is 0.00823. The van der Waals surface area contributed by atoms with Crippen molar-refractivity contribution in [1.82, 2.24) is 14.7 Å². The third-order valence-corrected chi connectivity index (χ3v) is 4.94. The smallest absolute Gasteiger partial charge is 0.290 e. The van der Waals surface area contributed by atoms with Crippen molar-refractivity contribution in [2.24, 2.45) is 0 Å². The zero-order valence-electron chi connectivity index (χ0n) is 19.2. The Kier molecular flexibility index (Phi) is 7.15. The molecule has 0 atom stereocenters. The Bertz CT molecular complexity index is 1050. The van der Waals surface area contributed by atoms with Crippen molar-refractivity contribution >= 4 is 17.6 Å². The van der Waals surface area contributed by atoms with Crippen LogP contribution in [0.1, 0.15) is 42.6 Å². The van der Waals surface area contributed by atoms with Gasteiger partial charge in [0.25, 0.3) is 5.91 Å². The Balaban J connectivity index is 1.84. The number of carbonyl (C=O) groups excluding carboxylic acids is 2. The second kappa shape index (κ2) is 9.82. The molecule has 0 saturated heterocycles. The number of hydrogen-bond donors (Lipinski definition) is 1. The van der Waals surface area contributed by atoms with E-state index in [2.05, 4.69) is 26.1 Å². The lowest BCUT2D eigenvalue weighted by atomic mass is 9.92. The van der Waals surface area contributed by atoms with Crippen LogP contribution in [-0.2, 0) is 14.9 Å². The second-order valence-electron chi connectivity index (χ2n) is 8.66. The second-order valence-corrected chi connectivity index (χ2v) is 8.66. The maximum absolute atomic E-state index is 12.9. The van der Waals surface area contributed by atoms with Gasteiger partial charge in [-0.1, -0.05) is 38.5 Å². The van der Waals surface area contributed by atoms with Crippen LogP contribution in [0.15, 0.2) is 53.1 Å². The van der Waals surface area contributed by atoms with Crippen LogP contribution in [0.25, 0.3) is 5.69 Å². The van der Waals surface area contributed by atoms with Gasteiger partial charge < -0.3 is 19.4 Å². The minimum Gasteiger partial charge on any atom is -0.459 e. The molecule has 0 saturated carbocycles. The van der Waals surface area contributed by atoms with Gasteiger partial charge >= 0.3 is 0 Å². The molecular weight excluding hydrogens is 408 g/mol. The van der Waals surface area contributed by atoms with E-state index < -0.39 is 0 Å². The van der Waals surface area contributed by atoms with Crippen molar-refractivity contribution in [3.8, 4) is 5.69 Å². The Morgan fingerprint density at radius 1 is 1.19 bits per heavy atom. The SMILES string of the molecule is COCCN(CC(=O)Nc1cc(C(C)(C)C)nn1-c1ccc(C)cc1)C(=O)c1ccco1. The number of aryl methyl sites for hydroxylation is 1. The summed E-state index contributed by atoms with van der Waals surface area (Å²) in [5.41, 5.74) is 2.61. The minimum absolute atomic E-state index is 0.146. The maximum atomic E-state index is 12.9. The highest BCUT2D eigenvalue weighted by Crippen LogP contribution is 2.26. The third-order valence-electron chi connectivity index (χ3n) is 4.94. The summed E-state index contributed by atoms with van der Waals surface area (Å²) in [6, 6.07) is 13.0. The van der Waals surface area contributed by atoms with Gasteiger partial charge in [-0.25, -0.2) is 4.68 Å². The van der Waals surface area contributed by atoms with Gasteiger partial charge in [0.1, 0.15) is 12.4 Å². The number of hydrogen-bond acceptors (Lipinski definition) is 5. The summed E-state index contributed by atoms with van der Waals surface area (Å²) in [4.78, 5) is 27.1. The standard InChI is InChI=1S/C24H30N4O4/c1-17-8-10-18(11-9-17)28-21(15-20(26-28)24(2,3)4)25-22(29)16-27(12-14-31-5)23(30)19-7-6-13-32-19/h6-11,13,15H,12,14,16H2,1-5H3,(H,25,29). The zero-order chi connectivity index (χ0) is 23.3. The van der Waals surface area contributed by atoms with Crippen molar-refractivity contribution in [2.75, 3.05) is 32.1 Å². The molecule has 1 aromatic carbocycles. The fraction of sp³-hybridized carbons (Fsp3) is 0.375. The molecule has 32 heavy (non-hydrogen) atoms. The molecule has 8 nitrogen and oxygen atoms in total. The highest BCUT2D eigenvalue weighted by Gasteiger charge is 2.24. The van der Waals surface area contributed by atoms with Crippen LogP contribution in [-0.4, -0.2) is 53.3 Å².